The van der Waals surface area contributed by atoms with Crippen molar-refractivity contribution in [2.24, 2.45) is 0 Å². The maximum absolute atomic E-state index is 13.9. The van der Waals surface area contributed by atoms with Crippen LogP contribution in [0.4, 0.5) is 11.6 Å². The molecule has 9 heteroatoms. The van der Waals surface area contributed by atoms with Gasteiger partial charge < -0.3 is 14.8 Å². The molecule has 2 heterocycles. The second kappa shape index (κ2) is 8.60. The fourth-order valence-electron chi connectivity index (χ4n) is 4.56. The van der Waals surface area contributed by atoms with Crippen molar-refractivity contribution >= 4 is 28.5 Å². The number of Topliss-reactive ketones (excluding diaryl/α,β-unsaturated/α-hetero) is 1. The Morgan fingerprint density at radius 1 is 1.03 bits per heavy atom. The lowest BCUT2D eigenvalue weighted by Crippen LogP contribution is -2.28. The molecule has 4 aromatic rings. The summed E-state index contributed by atoms with van der Waals surface area (Å²) >= 11 is 0. The molecule has 0 fully saturated rings. The Morgan fingerprint density at radius 3 is 2.37 bits per heavy atom. The van der Waals surface area contributed by atoms with Crippen LogP contribution in [-0.2, 0) is 0 Å². The number of fused-ring (bicyclic) bond motifs is 3. The monoisotopic (exact) mass is 470 g/mol. The van der Waals surface area contributed by atoms with E-state index < -0.39 is 11.0 Å². The lowest BCUT2D eigenvalue weighted by atomic mass is 9.88. The Labute approximate surface area is 200 Å². The van der Waals surface area contributed by atoms with Gasteiger partial charge >= 0.3 is 0 Å². The molecule has 1 N–H and O–H groups in total. The number of nitrogens with one attached hydrogen (secondary N) is 1. The quantitative estimate of drug-likeness (QED) is 0.236. The lowest BCUT2D eigenvalue weighted by molar-refractivity contribution is -0.385. The van der Waals surface area contributed by atoms with Crippen molar-refractivity contribution in [1.82, 2.24) is 9.55 Å². The molecular formula is C26H22N4O5. The predicted molar refractivity (Wildman–Crippen MR) is 131 cm³/mol. The van der Waals surface area contributed by atoms with Crippen molar-refractivity contribution in [2.45, 2.75) is 13.0 Å². The molecule has 0 radical (unpaired) electrons. The number of rotatable bonds is 6. The molecule has 9 nitrogen and oxygen atoms in total. The highest BCUT2D eigenvalue weighted by Gasteiger charge is 2.38. The van der Waals surface area contributed by atoms with Crippen LogP contribution in [0.3, 0.4) is 0 Å². The number of methoxy groups -OCH3 is 2. The van der Waals surface area contributed by atoms with Gasteiger partial charge in [-0.15, -0.1) is 0 Å². The van der Waals surface area contributed by atoms with E-state index in [4.69, 9.17) is 9.47 Å². The Hall–Kier alpha value is -4.66. The van der Waals surface area contributed by atoms with Crippen molar-refractivity contribution in [3.05, 3.63) is 99.2 Å². The highest BCUT2D eigenvalue weighted by molar-refractivity contribution is 6.11. The van der Waals surface area contributed by atoms with Gasteiger partial charge in [0.05, 0.1) is 47.8 Å². The number of nitro groups is 1. The molecule has 0 saturated heterocycles. The number of aromatic nitrogens is 2. The maximum Gasteiger partial charge on any atom is 0.279 e. The van der Waals surface area contributed by atoms with Gasteiger partial charge in [-0.25, -0.2) is 4.98 Å². The average Bonchev–Trinajstić information content (AvgIpc) is 3.24. The van der Waals surface area contributed by atoms with Crippen LogP contribution in [0.15, 0.2) is 78.0 Å². The van der Waals surface area contributed by atoms with Crippen LogP contribution >= 0.6 is 0 Å². The molecule has 3 aromatic carbocycles. The Bertz CT molecular complexity index is 1510. The number of para-hydroxylation sites is 2. The van der Waals surface area contributed by atoms with E-state index in [0.29, 0.717) is 34.0 Å². The average molecular weight is 470 g/mol. The highest BCUT2D eigenvalue weighted by atomic mass is 16.6. The van der Waals surface area contributed by atoms with Gasteiger partial charge in [-0.3, -0.25) is 19.5 Å². The van der Waals surface area contributed by atoms with Gasteiger partial charge in [0.25, 0.3) is 5.69 Å². The summed E-state index contributed by atoms with van der Waals surface area (Å²) < 4.78 is 12.6. The molecule has 0 bridgehead atoms. The number of hydrogen-bond acceptors (Lipinski definition) is 7. The topological polar surface area (TPSA) is 109 Å². The molecule has 0 spiro atoms. The first-order valence-corrected chi connectivity index (χ1v) is 10.9. The maximum atomic E-state index is 13.9. The number of anilines is 1. The van der Waals surface area contributed by atoms with Gasteiger partial charge in [-0.05, 0) is 25.1 Å². The zero-order chi connectivity index (χ0) is 24.7. The number of ketones is 1. The van der Waals surface area contributed by atoms with Crippen LogP contribution in [0.1, 0.15) is 28.9 Å². The van der Waals surface area contributed by atoms with Gasteiger partial charge in [0, 0.05) is 16.8 Å². The first kappa shape index (κ1) is 22.1. The Kier molecular flexibility index (Phi) is 5.44. The number of hydrogen-bond donors (Lipinski definition) is 1. The molecule has 1 atom stereocenters. The van der Waals surface area contributed by atoms with E-state index in [1.807, 2.05) is 34.9 Å². The van der Waals surface area contributed by atoms with Crippen LogP contribution in [0.2, 0.25) is 0 Å². The molecule has 35 heavy (non-hydrogen) atoms. The molecule has 0 aliphatic carbocycles. The van der Waals surface area contributed by atoms with E-state index in [0.717, 1.165) is 5.52 Å². The number of nitrogens with zero attached hydrogens (tertiary/aromatic N) is 3. The number of carbonyl (C=O) groups is 1. The van der Waals surface area contributed by atoms with Crippen molar-refractivity contribution < 1.29 is 19.2 Å². The third-order valence-electron chi connectivity index (χ3n) is 6.14. The van der Waals surface area contributed by atoms with Crippen LogP contribution in [0.25, 0.3) is 11.0 Å². The standard InChI is InChI=1S/C26H22N4O5/c1-15-23(25(31)16-9-5-4-6-10-16)24(29-19-12-8-7-11-18(19)28-26(29)27-15)17-13-21(34-2)22(35-3)14-20(17)30(32)33/h4-14,24H,1-3H3,(H,27,28)/t24-/m0/s1. The summed E-state index contributed by atoms with van der Waals surface area (Å²) in [6.45, 7) is 1.78. The molecule has 176 valence electrons. The molecular weight excluding hydrogens is 448 g/mol. The predicted octanol–water partition coefficient (Wildman–Crippen LogP) is 5.13. The van der Waals surface area contributed by atoms with E-state index in [1.54, 1.807) is 37.3 Å². The molecule has 1 aliphatic heterocycles. The molecule has 0 saturated carbocycles. The van der Waals surface area contributed by atoms with Gasteiger partial charge in [0.2, 0.25) is 5.95 Å². The SMILES string of the molecule is COc1cc([C@H]2C(C(=O)c3ccccc3)=C(C)Nc3nc4ccccc4n32)c([N+](=O)[O-])cc1OC. The second-order valence-corrected chi connectivity index (χ2v) is 8.08. The summed E-state index contributed by atoms with van der Waals surface area (Å²) in [6, 6.07) is 18.4. The van der Waals surface area contributed by atoms with E-state index in [1.165, 1.54) is 20.3 Å². The van der Waals surface area contributed by atoms with Crippen molar-refractivity contribution in [3.63, 3.8) is 0 Å². The lowest BCUT2D eigenvalue weighted by Gasteiger charge is -2.30. The number of benzene rings is 3. The zero-order valence-corrected chi connectivity index (χ0v) is 19.3. The summed E-state index contributed by atoms with van der Waals surface area (Å²) in [5, 5.41) is 15.5. The Balaban J connectivity index is 1.85. The van der Waals surface area contributed by atoms with Crippen molar-refractivity contribution in [2.75, 3.05) is 19.5 Å². The zero-order valence-electron chi connectivity index (χ0n) is 19.3. The van der Waals surface area contributed by atoms with Crippen LogP contribution < -0.4 is 14.8 Å². The first-order valence-electron chi connectivity index (χ1n) is 10.9. The Morgan fingerprint density at radius 2 is 1.69 bits per heavy atom. The summed E-state index contributed by atoms with van der Waals surface area (Å²) in [7, 11) is 2.88. The number of allylic oxidation sites excluding steroid dienone is 2. The van der Waals surface area contributed by atoms with Crippen molar-refractivity contribution in [1.29, 1.82) is 0 Å². The molecule has 5 rings (SSSR count). The second-order valence-electron chi connectivity index (χ2n) is 8.08. The van der Waals surface area contributed by atoms with Gasteiger partial charge in [0.15, 0.2) is 17.3 Å². The third kappa shape index (κ3) is 3.57. The summed E-state index contributed by atoms with van der Waals surface area (Å²) in [5.41, 5.74) is 2.95. The summed E-state index contributed by atoms with van der Waals surface area (Å²) in [6.07, 6.45) is 0. The minimum absolute atomic E-state index is 0.190. The van der Waals surface area contributed by atoms with Crippen LogP contribution in [0.5, 0.6) is 11.5 Å². The minimum atomic E-state index is -0.841. The third-order valence-corrected chi connectivity index (χ3v) is 6.14. The summed E-state index contributed by atoms with van der Waals surface area (Å²) in [5.74, 6) is 0.793. The number of nitro benzene ring substituents is 1. The molecule has 1 aromatic heterocycles. The molecule has 1 aliphatic rings. The largest absolute Gasteiger partial charge is 0.493 e. The molecule has 0 unspecified atom stereocenters. The normalized spacial score (nSPS) is 14.9. The van der Waals surface area contributed by atoms with E-state index in [9.17, 15) is 14.9 Å². The molecule has 0 amide bonds. The van der Waals surface area contributed by atoms with E-state index in [2.05, 4.69) is 10.3 Å². The fraction of sp³-hybridized carbons (Fsp3) is 0.154. The van der Waals surface area contributed by atoms with Crippen LogP contribution in [-0.4, -0.2) is 34.5 Å². The highest BCUT2D eigenvalue weighted by Crippen LogP contribution is 2.46. The van der Waals surface area contributed by atoms with Gasteiger partial charge in [-0.2, -0.15) is 0 Å². The van der Waals surface area contributed by atoms with Crippen molar-refractivity contribution in [3.8, 4) is 11.5 Å². The first-order chi connectivity index (χ1) is 16.9. The minimum Gasteiger partial charge on any atom is -0.493 e. The summed E-state index contributed by atoms with van der Waals surface area (Å²) in [4.78, 5) is 30.3. The number of ether oxygens (including phenoxy) is 2. The fourth-order valence-corrected chi connectivity index (χ4v) is 4.56. The van der Waals surface area contributed by atoms with E-state index >= 15 is 0 Å². The van der Waals surface area contributed by atoms with E-state index in [-0.39, 0.29) is 22.8 Å². The van der Waals surface area contributed by atoms with Gasteiger partial charge in [-0.1, -0.05) is 42.5 Å². The number of carbonyl (C=O) groups excluding carboxylic acids is 1. The number of imidazole rings is 1. The van der Waals surface area contributed by atoms with Gasteiger partial charge in [0.1, 0.15) is 0 Å². The smallest absolute Gasteiger partial charge is 0.279 e. The van der Waals surface area contributed by atoms with Crippen LogP contribution in [0, 0.1) is 10.1 Å².